The zero-order valence-corrected chi connectivity index (χ0v) is 11.7. The van der Waals surface area contributed by atoms with Crippen LogP contribution in [0.5, 0.6) is 0 Å². The van der Waals surface area contributed by atoms with Gasteiger partial charge >= 0.3 is 0 Å². The molecule has 2 aromatic heterocycles. The van der Waals surface area contributed by atoms with Crippen LogP contribution in [0.2, 0.25) is 0 Å². The van der Waals surface area contributed by atoms with Crippen molar-refractivity contribution in [2.24, 2.45) is 0 Å². The summed E-state index contributed by atoms with van der Waals surface area (Å²) in [4.78, 5) is 8.96. The third kappa shape index (κ3) is 2.71. The van der Waals surface area contributed by atoms with E-state index in [0.29, 0.717) is 6.04 Å². The molecule has 3 heterocycles. The molecule has 1 atom stereocenters. The van der Waals surface area contributed by atoms with Gasteiger partial charge in [-0.15, -0.1) is 5.10 Å². The van der Waals surface area contributed by atoms with Crippen molar-refractivity contribution in [3.8, 4) is 0 Å². The highest BCUT2D eigenvalue weighted by molar-refractivity contribution is 5.42. The molecule has 0 bridgehead atoms. The van der Waals surface area contributed by atoms with Crippen LogP contribution in [0, 0.1) is 0 Å². The Balaban J connectivity index is 1.70. The van der Waals surface area contributed by atoms with E-state index in [1.54, 1.807) is 6.20 Å². The molecule has 0 aliphatic carbocycles. The molecule has 1 saturated heterocycles. The largest absolute Gasteiger partial charge is 0.358 e. The Labute approximate surface area is 119 Å². The SMILES string of the molecule is CN(CC1CCCN1c1cccnn1)c1ccccn1. The molecule has 0 radical (unpaired) electrons. The average molecular weight is 269 g/mol. The van der Waals surface area contributed by atoms with Gasteiger partial charge in [-0.1, -0.05) is 6.07 Å². The number of pyridine rings is 1. The van der Waals surface area contributed by atoms with Crippen molar-refractivity contribution in [1.82, 2.24) is 15.2 Å². The van der Waals surface area contributed by atoms with Gasteiger partial charge in [0.25, 0.3) is 0 Å². The van der Waals surface area contributed by atoms with Gasteiger partial charge in [0.15, 0.2) is 5.82 Å². The molecule has 20 heavy (non-hydrogen) atoms. The van der Waals surface area contributed by atoms with Crippen LogP contribution in [-0.4, -0.2) is 41.4 Å². The first-order chi connectivity index (χ1) is 9.84. The van der Waals surface area contributed by atoms with Crippen molar-refractivity contribution >= 4 is 11.6 Å². The molecule has 5 heteroatoms. The molecule has 0 aromatic carbocycles. The van der Waals surface area contributed by atoms with E-state index in [1.165, 1.54) is 12.8 Å². The highest BCUT2D eigenvalue weighted by Gasteiger charge is 2.27. The summed E-state index contributed by atoms with van der Waals surface area (Å²) in [6, 6.07) is 10.5. The molecular formula is C15H19N5. The standard InChI is InChI=1S/C15H19N5/c1-19(14-7-2-3-9-16-14)12-13-6-5-11-20(13)15-8-4-10-17-18-15/h2-4,7-10,13H,5-6,11-12H2,1H3. The minimum Gasteiger partial charge on any atom is -0.358 e. The highest BCUT2D eigenvalue weighted by Crippen LogP contribution is 2.24. The fourth-order valence-corrected chi connectivity index (χ4v) is 2.76. The summed E-state index contributed by atoms with van der Waals surface area (Å²) in [6.45, 7) is 2.01. The summed E-state index contributed by atoms with van der Waals surface area (Å²) < 4.78 is 0. The number of hydrogen-bond acceptors (Lipinski definition) is 5. The van der Waals surface area contributed by atoms with Crippen molar-refractivity contribution < 1.29 is 0 Å². The van der Waals surface area contributed by atoms with E-state index in [-0.39, 0.29) is 0 Å². The first-order valence-electron chi connectivity index (χ1n) is 7.01. The van der Waals surface area contributed by atoms with E-state index in [9.17, 15) is 0 Å². The lowest BCUT2D eigenvalue weighted by atomic mass is 10.2. The second-order valence-electron chi connectivity index (χ2n) is 5.14. The van der Waals surface area contributed by atoms with Gasteiger partial charge < -0.3 is 9.80 Å². The summed E-state index contributed by atoms with van der Waals surface area (Å²) in [5, 5.41) is 8.22. The van der Waals surface area contributed by atoms with Crippen molar-refractivity contribution in [2.45, 2.75) is 18.9 Å². The molecule has 1 aliphatic rings. The van der Waals surface area contributed by atoms with Crippen molar-refractivity contribution in [3.63, 3.8) is 0 Å². The molecule has 1 fully saturated rings. The Morgan fingerprint density at radius 2 is 2.20 bits per heavy atom. The lowest BCUT2D eigenvalue weighted by molar-refractivity contribution is 0.643. The monoisotopic (exact) mass is 269 g/mol. The van der Waals surface area contributed by atoms with E-state index in [1.807, 2.05) is 36.5 Å². The van der Waals surface area contributed by atoms with Crippen molar-refractivity contribution in [3.05, 3.63) is 42.7 Å². The first kappa shape index (κ1) is 12.8. The fraction of sp³-hybridized carbons (Fsp3) is 0.400. The van der Waals surface area contributed by atoms with Crippen LogP contribution in [0.15, 0.2) is 42.7 Å². The van der Waals surface area contributed by atoms with Gasteiger partial charge in [-0.05, 0) is 37.1 Å². The molecule has 1 unspecified atom stereocenters. The maximum absolute atomic E-state index is 4.40. The Morgan fingerprint density at radius 1 is 1.25 bits per heavy atom. The summed E-state index contributed by atoms with van der Waals surface area (Å²) in [7, 11) is 2.09. The Bertz CT molecular complexity index is 530. The molecular weight excluding hydrogens is 250 g/mol. The topological polar surface area (TPSA) is 45.2 Å². The Morgan fingerprint density at radius 3 is 2.95 bits per heavy atom. The molecule has 3 rings (SSSR count). The Hall–Kier alpha value is -2.17. The molecule has 0 saturated carbocycles. The number of nitrogens with zero attached hydrogens (tertiary/aromatic N) is 5. The van der Waals surface area contributed by atoms with Crippen LogP contribution < -0.4 is 9.80 Å². The number of rotatable bonds is 4. The smallest absolute Gasteiger partial charge is 0.151 e. The minimum atomic E-state index is 0.471. The molecule has 0 spiro atoms. The van der Waals surface area contributed by atoms with E-state index in [4.69, 9.17) is 0 Å². The van der Waals surface area contributed by atoms with Crippen LogP contribution in [0.4, 0.5) is 11.6 Å². The predicted molar refractivity (Wildman–Crippen MR) is 79.9 cm³/mol. The lowest BCUT2D eigenvalue weighted by Crippen LogP contribution is -2.39. The average Bonchev–Trinajstić information content (AvgIpc) is 2.97. The van der Waals surface area contributed by atoms with E-state index < -0.39 is 0 Å². The number of anilines is 2. The lowest BCUT2D eigenvalue weighted by Gasteiger charge is -2.29. The molecule has 0 N–H and O–H groups in total. The Kier molecular flexibility index (Phi) is 3.76. The van der Waals surface area contributed by atoms with Gasteiger partial charge in [-0.2, -0.15) is 5.10 Å². The molecule has 5 nitrogen and oxygen atoms in total. The van der Waals surface area contributed by atoms with Gasteiger partial charge in [0, 0.05) is 38.6 Å². The highest BCUT2D eigenvalue weighted by atomic mass is 15.3. The number of likely N-dealkylation sites (N-methyl/N-ethyl adjacent to an activating group) is 1. The fourth-order valence-electron chi connectivity index (χ4n) is 2.76. The molecule has 104 valence electrons. The predicted octanol–water partition coefficient (Wildman–Crippen LogP) is 1.98. The van der Waals surface area contributed by atoms with Gasteiger partial charge in [-0.25, -0.2) is 4.98 Å². The van der Waals surface area contributed by atoms with Crippen LogP contribution in [0.25, 0.3) is 0 Å². The molecule has 0 amide bonds. The summed E-state index contributed by atoms with van der Waals surface area (Å²) in [5.41, 5.74) is 0. The van der Waals surface area contributed by atoms with Crippen LogP contribution in [-0.2, 0) is 0 Å². The number of hydrogen-bond donors (Lipinski definition) is 0. The van der Waals surface area contributed by atoms with E-state index in [2.05, 4.69) is 32.0 Å². The quantitative estimate of drug-likeness (QED) is 0.849. The van der Waals surface area contributed by atoms with Crippen molar-refractivity contribution in [2.75, 3.05) is 29.9 Å². The van der Waals surface area contributed by atoms with Gasteiger partial charge in [0.1, 0.15) is 5.82 Å². The van der Waals surface area contributed by atoms with Gasteiger partial charge in [0.05, 0.1) is 0 Å². The van der Waals surface area contributed by atoms with E-state index >= 15 is 0 Å². The minimum absolute atomic E-state index is 0.471. The first-order valence-corrected chi connectivity index (χ1v) is 7.01. The zero-order valence-electron chi connectivity index (χ0n) is 11.7. The second kappa shape index (κ2) is 5.86. The maximum atomic E-state index is 4.40. The summed E-state index contributed by atoms with van der Waals surface area (Å²) in [6.07, 6.45) is 5.95. The van der Waals surface area contributed by atoms with Gasteiger partial charge in [0.2, 0.25) is 0 Å². The maximum Gasteiger partial charge on any atom is 0.151 e. The van der Waals surface area contributed by atoms with Crippen LogP contribution >= 0.6 is 0 Å². The summed E-state index contributed by atoms with van der Waals surface area (Å²) in [5.74, 6) is 1.99. The second-order valence-corrected chi connectivity index (χ2v) is 5.14. The van der Waals surface area contributed by atoms with Crippen LogP contribution in [0.1, 0.15) is 12.8 Å². The molecule has 1 aliphatic heterocycles. The number of aromatic nitrogens is 3. The zero-order chi connectivity index (χ0) is 13.8. The van der Waals surface area contributed by atoms with E-state index in [0.717, 1.165) is 24.7 Å². The third-order valence-corrected chi connectivity index (χ3v) is 3.75. The van der Waals surface area contributed by atoms with Crippen molar-refractivity contribution in [1.29, 1.82) is 0 Å². The normalized spacial score (nSPS) is 18.2. The summed E-state index contributed by atoms with van der Waals surface area (Å²) >= 11 is 0. The third-order valence-electron chi connectivity index (χ3n) is 3.75. The van der Waals surface area contributed by atoms with Gasteiger partial charge in [-0.3, -0.25) is 0 Å². The molecule has 2 aromatic rings. The van der Waals surface area contributed by atoms with Crippen LogP contribution in [0.3, 0.4) is 0 Å².